The Bertz CT molecular complexity index is 148. The van der Waals surface area contributed by atoms with Crippen LogP contribution in [-0.2, 0) is 5.11 Å². The lowest BCUT2D eigenvalue weighted by atomic mass is 9.88. The van der Waals surface area contributed by atoms with Crippen molar-refractivity contribution >= 4 is 0 Å². The molecule has 1 radical (unpaired) electrons. The van der Waals surface area contributed by atoms with Crippen LogP contribution in [-0.4, -0.2) is 6.10 Å². The lowest BCUT2D eigenvalue weighted by molar-refractivity contribution is 0.0193. The minimum atomic E-state index is -0.287. The van der Waals surface area contributed by atoms with Gasteiger partial charge in [0.2, 0.25) is 0 Å². The van der Waals surface area contributed by atoms with E-state index < -0.39 is 0 Å². The number of hydrogen-bond donors (Lipinski definition) is 0. The summed E-state index contributed by atoms with van der Waals surface area (Å²) in [7, 11) is 0. The molecule has 0 saturated carbocycles. The molecule has 0 heterocycles. The van der Waals surface area contributed by atoms with Crippen molar-refractivity contribution in [3.63, 3.8) is 0 Å². The van der Waals surface area contributed by atoms with Gasteiger partial charge >= 0.3 is 0 Å². The van der Waals surface area contributed by atoms with Gasteiger partial charge in [-0.2, -0.15) is 0 Å². The minimum Gasteiger partial charge on any atom is -0.233 e. The molecule has 0 aliphatic carbocycles. The Hall–Kier alpha value is -0.0400. The molecule has 0 saturated heterocycles. The van der Waals surface area contributed by atoms with Gasteiger partial charge in [0.25, 0.3) is 0 Å². The van der Waals surface area contributed by atoms with Gasteiger partial charge in [0.05, 0.1) is 6.10 Å². The van der Waals surface area contributed by atoms with Gasteiger partial charge in [-0.05, 0) is 25.2 Å². The fourth-order valence-electron chi connectivity index (χ4n) is 2.63. The number of hydrogen-bond acceptors (Lipinski definition) is 0. The monoisotopic (exact) mass is 255 g/mol. The van der Waals surface area contributed by atoms with E-state index in [-0.39, 0.29) is 6.10 Å². The van der Waals surface area contributed by atoms with Gasteiger partial charge in [0.1, 0.15) is 0 Å². The summed E-state index contributed by atoms with van der Waals surface area (Å²) in [5, 5.41) is 12.3. The fraction of sp³-hybridized carbons (Fsp3) is 1.00. The molecule has 0 aliphatic rings. The molecule has 0 rings (SSSR count). The standard InChI is InChI=1S/C17H35O/c1-4-7-10-11-12-15-17(18)16(13-8-5-2)14-9-6-3/h16-17H,4-15H2,1-3H3. The third-order valence-corrected chi connectivity index (χ3v) is 3.97. The van der Waals surface area contributed by atoms with Crippen LogP contribution in [0.3, 0.4) is 0 Å². The molecule has 0 spiro atoms. The summed E-state index contributed by atoms with van der Waals surface area (Å²) in [6.07, 6.45) is 14.3. The SMILES string of the molecule is CCCCCCCC([O])C(CCCC)CCCC. The van der Waals surface area contributed by atoms with Crippen LogP contribution in [0.1, 0.15) is 97.8 Å². The van der Waals surface area contributed by atoms with E-state index in [9.17, 15) is 5.11 Å². The largest absolute Gasteiger partial charge is 0.233 e. The smallest absolute Gasteiger partial charge is 0.0958 e. The maximum Gasteiger partial charge on any atom is 0.0958 e. The van der Waals surface area contributed by atoms with E-state index in [0.717, 1.165) is 12.8 Å². The summed E-state index contributed by atoms with van der Waals surface area (Å²) in [4.78, 5) is 0. The van der Waals surface area contributed by atoms with Gasteiger partial charge in [0, 0.05) is 0 Å². The molecule has 0 bridgehead atoms. The van der Waals surface area contributed by atoms with Crippen LogP contribution in [0.5, 0.6) is 0 Å². The van der Waals surface area contributed by atoms with Gasteiger partial charge < -0.3 is 0 Å². The van der Waals surface area contributed by atoms with Gasteiger partial charge in [-0.15, -0.1) is 0 Å². The summed E-state index contributed by atoms with van der Waals surface area (Å²) in [5.74, 6) is 0.455. The summed E-state index contributed by atoms with van der Waals surface area (Å²) < 4.78 is 0. The molecule has 0 amide bonds. The zero-order valence-electron chi connectivity index (χ0n) is 13.0. The third-order valence-electron chi connectivity index (χ3n) is 3.97. The second-order valence-corrected chi connectivity index (χ2v) is 5.79. The highest BCUT2D eigenvalue weighted by Crippen LogP contribution is 2.24. The van der Waals surface area contributed by atoms with Crippen molar-refractivity contribution in [2.24, 2.45) is 5.92 Å². The van der Waals surface area contributed by atoms with Crippen LogP contribution >= 0.6 is 0 Å². The first-order chi connectivity index (χ1) is 8.76. The van der Waals surface area contributed by atoms with Crippen molar-refractivity contribution in [1.82, 2.24) is 0 Å². The van der Waals surface area contributed by atoms with Crippen molar-refractivity contribution in [2.75, 3.05) is 0 Å². The Labute approximate surface area is 115 Å². The first kappa shape index (κ1) is 18.0. The maximum absolute atomic E-state index is 12.3. The normalized spacial score (nSPS) is 13.2. The van der Waals surface area contributed by atoms with E-state index in [1.54, 1.807) is 0 Å². The zero-order valence-corrected chi connectivity index (χ0v) is 13.0. The molecule has 0 aliphatic heterocycles. The Morgan fingerprint density at radius 3 is 1.61 bits per heavy atom. The van der Waals surface area contributed by atoms with Gasteiger partial charge in [-0.3, -0.25) is 0 Å². The van der Waals surface area contributed by atoms with Crippen LogP contribution in [0.2, 0.25) is 0 Å². The van der Waals surface area contributed by atoms with Crippen molar-refractivity contribution in [1.29, 1.82) is 0 Å². The molecule has 1 nitrogen and oxygen atoms in total. The van der Waals surface area contributed by atoms with Crippen LogP contribution in [0.15, 0.2) is 0 Å². The summed E-state index contributed by atoms with van der Waals surface area (Å²) in [5.41, 5.74) is 0. The van der Waals surface area contributed by atoms with E-state index in [1.807, 2.05) is 0 Å². The van der Waals surface area contributed by atoms with E-state index in [0.29, 0.717) is 5.92 Å². The molecule has 1 heteroatoms. The second kappa shape index (κ2) is 13.4. The van der Waals surface area contributed by atoms with Crippen molar-refractivity contribution in [2.45, 2.75) is 104 Å². The predicted octanol–water partition coefficient (Wildman–Crippen LogP) is 6.14. The molecular weight excluding hydrogens is 220 g/mol. The topological polar surface area (TPSA) is 19.9 Å². The molecule has 0 aromatic carbocycles. The highest BCUT2D eigenvalue weighted by molar-refractivity contribution is 4.69. The van der Waals surface area contributed by atoms with Crippen molar-refractivity contribution in [3.8, 4) is 0 Å². The molecule has 1 atom stereocenters. The summed E-state index contributed by atoms with van der Waals surface area (Å²) in [6.45, 7) is 6.69. The highest BCUT2D eigenvalue weighted by Gasteiger charge is 2.19. The molecule has 0 fully saturated rings. The van der Waals surface area contributed by atoms with Crippen LogP contribution in [0, 0.1) is 5.92 Å². The van der Waals surface area contributed by atoms with Crippen molar-refractivity contribution in [3.05, 3.63) is 0 Å². The zero-order chi connectivity index (χ0) is 13.6. The second-order valence-electron chi connectivity index (χ2n) is 5.79. The summed E-state index contributed by atoms with van der Waals surface area (Å²) in [6, 6.07) is 0. The van der Waals surface area contributed by atoms with Gasteiger partial charge in [-0.25, -0.2) is 5.11 Å². The Morgan fingerprint density at radius 1 is 0.611 bits per heavy atom. The lowest BCUT2D eigenvalue weighted by Crippen LogP contribution is -2.19. The maximum atomic E-state index is 12.3. The third kappa shape index (κ3) is 9.94. The quantitative estimate of drug-likeness (QED) is 0.352. The molecule has 18 heavy (non-hydrogen) atoms. The van der Waals surface area contributed by atoms with Crippen molar-refractivity contribution < 1.29 is 5.11 Å². The fourth-order valence-corrected chi connectivity index (χ4v) is 2.63. The Kier molecular flexibility index (Phi) is 13.4. The molecule has 0 aromatic heterocycles. The molecule has 1 unspecified atom stereocenters. The number of unbranched alkanes of at least 4 members (excludes halogenated alkanes) is 6. The average Bonchev–Trinajstić information content (AvgIpc) is 2.38. The average molecular weight is 255 g/mol. The first-order valence-corrected chi connectivity index (χ1v) is 8.42. The lowest BCUT2D eigenvalue weighted by Gasteiger charge is -2.21. The van der Waals surface area contributed by atoms with Crippen LogP contribution in [0.25, 0.3) is 0 Å². The van der Waals surface area contributed by atoms with Gasteiger partial charge in [-0.1, -0.05) is 78.6 Å². The number of rotatable bonds is 13. The van der Waals surface area contributed by atoms with E-state index in [4.69, 9.17) is 0 Å². The van der Waals surface area contributed by atoms with Crippen LogP contribution < -0.4 is 0 Å². The summed E-state index contributed by atoms with van der Waals surface area (Å²) >= 11 is 0. The predicted molar refractivity (Wildman–Crippen MR) is 80.4 cm³/mol. The minimum absolute atomic E-state index is 0.287. The molecular formula is C17H35O. The molecule has 0 aromatic rings. The van der Waals surface area contributed by atoms with E-state index in [2.05, 4.69) is 20.8 Å². The Balaban J connectivity index is 3.76. The highest BCUT2D eigenvalue weighted by atomic mass is 16.3. The molecule has 0 N–H and O–H groups in total. The van der Waals surface area contributed by atoms with E-state index >= 15 is 0 Å². The first-order valence-electron chi connectivity index (χ1n) is 8.42. The Morgan fingerprint density at radius 2 is 1.11 bits per heavy atom. The van der Waals surface area contributed by atoms with Gasteiger partial charge in [0.15, 0.2) is 0 Å². The molecule has 109 valence electrons. The van der Waals surface area contributed by atoms with Crippen LogP contribution in [0.4, 0.5) is 0 Å². The van der Waals surface area contributed by atoms with E-state index in [1.165, 1.54) is 64.2 Å².